The van der Waals surface area contributed by atoms with Crippen LogP contribution in [0.15, 0.2) is 22.7 Å². The van der Waals surface area contributed by atoms with Crippen LogP contribution in [0.5, 0.6) is 11.5 Å². The van der Waals surface area contributed by atoms with Gasteiger partial charge in [0.15, 0.2) is 11.5 Å². The Morgan fingerprint density at radius 2 is 1.94 bits per heavy atom. The van der Waals surface area contributed by atoms with Gasteiger partial charge in [0, 0.05) is 0 Å². The van der Waals surface area contributed by atoms with Gasteiger partial charge in [-0.2, -0.15) is 0 Å². The third-order valence-corrected chi connectivity index (χ3v) is 2.87. The number of nitrogens with zero attached hydrogens (tertiary/aromatic N) is 1. The van der Waals surface area contributed by atoms with E-state index in [2.05, 4.69) is 5.16 Å². The van der Waals surface area contributed by atoms with E-state index in [-0.39, 0.29) is 0 Å². The van der Waals surface area contributed by atoms with Crippen molar-refractivity contribution in [2.24, 2.45) is 0 Å². The highest BCUT2D eigenvalue weighted by atomic mass is 16.5. The van der Waals surface area contributed by atoms with Crippen molar-refractivity contribution in [1.29, 1.82) is 0 Å². The third-order valence-electron chi connectivity index (χ3n) is 2.87. The molecule has 2 aromatic rings. The summed E-state index contributed by atoms with van der Waals surface area (Å²) in [7, 11) is 1.64. The first-order valence-corrected chi connectivity index (χ1v) is 5.81. The maximum absolute atomic E-state index is 5.76. The first-order valence-electron chi connectivity index (χ1n) is 5.81. The molecule has 0 N–H and O–H groups in total. The monoisotopic (exact) mass is 247 g/mol. The molecular weight excluding hydrogens is 230 g/mol. The number of benzene rings is 1. The lowest BCUT2D eigenvalue weighted by atomic mass is 10.2. The van der Waals surface area contributed by atoms with Crippen molar-refractivity contribution in [1.82, 2.24) is 5.16 Å². The van der Waals surface area contributed by atoms with Gasteiger partial charge < -0.3 is 14.0 Å². The van der Waals surface area contributed by atoms with E-state index >= 15 is 0 Å². The van der Waals surface area contributed by atoms with Gasteiger partial charge in [0.1, 0.15) is 12.4 Å². The Morgan fingerprint density at radius 1 is 1.17 bits per heavy atom. The van der Waals surface area contributed by atoms with Crippen LogP contribution < -0.4 is 9.47 Å². The van der Waals surface area contributed by atoms with Gasteiger partial charge >= 0.3 is 0 Å². The number of aryl methyl sites for hydroxylation is 3. The standard InChI is InChI=1S/C14H17NO3/c1-9-5-6-13(14(7-9)16-4)17-8-12-10(2)15-18-11(12)3/h5-7H,8H2,1-4H3. The van der Waals surface area contributed by atoms with Crippen LogP contribution in [0.25, 0.3) is 0 Å². The highest BCUT2D eigenvalue weighted by molar-refractivity contribution is 5.42. The summed E-state index contributed by atoms with van der Waals surface area (Å²) in [5.74, 6) is 2.25. The van der Waals surface area contributed by atoms with E-state index in [1.807, 2.05) is 39.0 Å². The molecule has 0 spiro atoms. The van der Waals surface area contributed by atoms with Crippen molar-refractivity contribution in [2.45, 2.75) is 27.4 Å². The normalized spacial score (nSPS) is 10.4. The number of aromatic nitrogens is 1. The number of hydrogen-bond acceptors (Lipinski definition) is 4. The minimum atomic E-state index is 0.431. The largest absolute Gasteiger partial charge is 0.493 e. The van der Waals surface area contributed by atoms with Crippen molar-refractivity contribution >= 4 is 0 Å². The molecule has 0 aliphatic carbocycles. The average molecular weight is 247 g/mol. The van der Waals surface area contributed by atoms with Crippen LogP contribution in [0.1, 0.15) is 22.6 Å². The fraction of sp³-hybridized carbons (Fsp3) is 0.357. The first kappa shape index (κ1) is 12.5. The molecule has 96 valence electrons. The van der Waals surface area contributed by atoms with Gasteiger partial charge in [-0.25, -0.2) is 0 Å². The van der Waals surface area contributed by atoms with E-state index in [0.29, 0.717) is 6.61 Å². The molecule has 0 saturated heterocycles. The summed E-state index contributed by atoms with van der Waals surface area (Å²) in [6.07, 6.45) is 0. The second kappa shape index (κ2) is 5.12. The first-order chi connectivity index (χ1) is 8.61. The minimum Gasteiger partial charge on any atom is -0.493 e. The van der Waals surface area contributed by atoms with Gasteiger partial charge in [0.25, 0.3) is 0 Å². The maximum atomic E-state index is 5.76. The Hall–Kier alpha value is -1.97. The molecule has 0 atom stereocenters. The van der Waals surface area contributed by atoms with E-state index in [0.717, 1.165) is 34.1 Å². The molecule has 0 fully saturated rings. The zero-order valence-corrected chi connectivity index (χ0v) is 11.1. The minimum absolute atomic E-state index is 0.431. The summed E-state index contributed by atoms with van der Waals surface area (Å²) in [5.41, 5.74) is 2.98. The van der Waals surface area contributed by atoms with Crippen molar-refractivity contribution in [2.75, 3.05) is 7.11 Å². The highest BCUT2D eigenvalue weighted by Crippen LogP contribution is 2.29. The summed E-state index contributed by atoms with van der Waals surface area (Å²) >= 11 is 0. The molecule has 1 heterocycles. The predicted molar refractivity (Wildman–Crippen MR) is 68.0 cm³/mol. The van der Waals surface area contributed by atoms with E-state index in [1.54, 1.807) is 7.11 Å². The van der Waals surface area contributed by atoms with Crippen molar-refractivity contribution in [3.8, 4) is 11.5 Å². The molecule has 1 aromatic carbocycles. The predicted octanol–water partition coefficient (Wildman–Crippen LogP) is 3.19. The van der Waals surface area contributed by atoms with Gasteiger partial charge in [-0.3, -0.25) is 0 Å². The zero-order chi connectivity index (χ0) is 13.1. The smallest absolute Gasteiger partial charge is 0.161 e. The summed E-state index contributed by atoms with van der Waals surface area (Å²) in [4.78, 5) is 0. The summed E-state index contributed by atoms with van der Waals surface area (Å²) < 4.78 is 16.2. The van der Waals surface area contributed by atoms with Gasteiger partial charge in [-0.1, -0.05) is 11.2 Å². The lowest BCUT2D eigenvalue weighted by Crippen LogP contribution is -1.99. The lowest BCUT2D eigenvalue weighted by molar-refractivity contribution is 0.281. The number of rotatable bonds is 4. The average Bonchev–Trinajstić information content (AvgIpc) is 2.68. The SMILES string of the molecule is COc1cc(C)ccc1OCc1c(C)noc1C. The van der Waals surface area contributed by atoms with Gasteiger partial charge in [0.05, 0.1) is 18.4 Å². The topological polar surface area (TPSA) is 44.5 Å². The number of hydrogen-bond donors (Lipinski definition) is 0. The van der Waals surface area contributed by atoms with Crippen LogP contribution in [-0.2, 0) is 6.61 Å². The van der Waals surface area contributed by atoms with Crippen molar-refractivity contribution in [3.63, 3.8) is 0 Å². The Bertz CT molecular complexity index is 526. The Kier molecular flexibility index (Phi) is 3.55. The molecule has 0 aliphatic rings. The molecule has 0 radical (unpaired) electrons. The lowest BCUT2D eigenvalue weighted by Gasteiger charge is -2.11. The van der Waals surface area contributed by atoms with E-state index in [4.69, 9.17) is 14.0 Å². The molecule has 4 heteroatoms. The van der Waals surface area contributed by atoms with Gasteiger partial charge in [-0.05, 0) is 38.5 Å². The molecule has 18 heavy (non-hydrogen) atoms. The van der Waals surface area contributed by atoms with E-state index < -0.39 is 0 Å². The second-order valence-electron chi connectivity index (χ2n) is 4.25. The van der Waals surface area contributed by atoms with Crippen LogP contribution in [-0.4, -0.2) is 12.3 Å². The number of methoxy groups -OCH3 is 1. The molecular formula is C14H17NO3. The highest BCUT2D eigenvalue weighted by Gasteiger charge is 2.11. The van der Waals surface area contributed by atoms with E-state index in [1.165, 1.54) is 0 Å². The van der Waals surface area contributed by atoms with Crippen LogP contribution in [0.3, 0.4) is 0 Å². The Balaban J connectivity index is 2.15. The summed E-state index contributed by atoms with van der Waals surface area (Å²) in [6.45, 7) is 6.23. The molecule has 0 saturated carbocycles. The molecule has 4 nitrogen and oxygen atoms in total. The number of ether oxygens (including phenoxy) is 2. The molecule has 0 bridgehead atoms. The Labute approximate surface area is 107 Å². The fourth-order valence-electron chi connectivity index (χ4n) is 1.75. The van der Waals surface area contributed by atoms with Crippen LogP contribution >= 0.6 is 0 Å². The van der Waals surface area contributed by atoms with Crippen LogP contribution in [0, 0.1) is 20.8 Å². The van der Waals surface area contributed by atoms with Crippen molar-refractivity contribution in [3.05, 3.63) is 40.8 Å². The maximum Gasteiger partial charge on any atom is 0.161 e. The molecule has 0 aliphatic heterocycles. The molecule has 0 unspecified atom stereocenters. The van der Waals surface area contributed by atoms with Crippen molar-refractivity contribution < 1.29 is 14.0 Å². The summed E-state index contributed by atoms with van der Waals surface area (Å²) in [6, 6.07) is 5.85. The van der Waals surface area contributed by atoms with Gasteiger partial charge in [-0.15, -0.1) is 0 Å². The zero-order valence-electron chi connectivity index (χ0n) is 11.1. The Morgan fingerprint density at radius 3 is 2.56 bits per heavy atom. The molecule has 2 rings (SSSR count). The van der Waals surface area contributed by atoms with E-state index in [9.17, 15) is 0 Å². The summed E-state index contributed by atoms with van der Waals surface area (Å²) in [5, 5.41) is 3.90. The second-order valence-corrected chi connectivity index (χ2v) is 4.25. The fourth-order valence-corrected chi connectivity index (χ4v) is 1.75. The van der Waals surface area contributed by atoms with Crippen LogP contribution in [0.4, 0.5) is 0 Å². The quantitative estimate of drug-likeness (QED) is 0.832. The third kappa shape index (κ3) is 2.47. The molecule has 0 amide bonds. The van der Waals surface area contributed by atoms with Crippen LogP contribution in [0.2, 0.25) is 0 Å². The van der Waals surface area contributed by atoms with Gasteiger partial charge in [0.2, 0.25) is 0 Å². The molecule has 1 aromatic heterocycles.